The van der Waals surface area contributed by atoms with E-state index in [1.807, 2.05) is 24.3 Å². The van der Waals surface area contributed by atoms with Crippen LogP contribution in [0.3, 0.4) is 0 Å². The normalized spacial score (nSPS) is 16.0. The molecule has 1 fully saturated rings. The summed E-state index contributed by atoms with van der Waals surface area (Å²) < 4.78 is 11.3. The van der Waals surface area contributed by atoms with Gasteiger partial charge in [0.05, 0.1) is 12.3 Å². The fraction of sp³-hybridized carbons (Fsp3) is 0.400. The van der Waals surface area contributed by atoms with E-state index in [2.05, 4.69) is 28.3 Å². The quantitative estimate of drug-likeness (QED) is 0.757. The van der Waals surface area contributed by atoms with E-state index >= 15 is 0 Å². The molecule has 4 heteroatoms. The zero-order chi connectivity index (χ0) is 16.6. The molecule has 1 aromatic carbocycles. The topological polar surface area (TPSA) is 37.6 Å². The Bertz CT molecular complexity index is 655. The summed E-state index contributed by atoms with van der Waals surface area (Å²) in [5.74, 6) is 4.39. The van der Waals surface area contributed by atoms with Crippen molar-refractivity contribution in [1.29, 1.82) is 0 Å². The molecular weight excluding hydrogens is 300 g/mol. The maximum Gasteiger partial charge on any atom is 0.148 e. The maximum absolute atomic E-state index is 5.66. The van der Waals surface area contributed by atoms with Gasteiger partial charge in [-0.15, -0.1) is 6.42 Å². The van der Waals surface area contributed by atoms with Crippen LogP contribution in [0.4, 0.5) is 0 Å². The molecular formula is C20H24N2O2. The van der Waals surface area contributed by atoms with Crippen molar-refractivity contribution in [1.82, 2.24) is 10.2 Å². The van der Waals surface area contributed by atoms with E-state index in [-0.39, 0.29) is 6.04 Å². The molecule has 1 atom stereocenters. The Morgan fingerprint density at radius 1 is 1.21 bits per heavy atom. The SMILES string of the molecule is C#CCOc1ccccc1CNCC(c1ccco1)N1CCCC1. The third-order valence-electron chi connectivity index (χ3n) is 4.39. The van der Waals surface area contributed by atoms with Crippen LogP contribution >= 0.6 is 0 Å². The minimum Gasteiger partial charge on any atom is -0.481 e. The molecule has 0 saturated carbocycles. The first-order valence-corrected chi connectivity index (χ1v) is 8.51. The van der Waals surface area contributed by atoms with Crippen LogP contribution in [0, 0.1) is 12.3 Å². The van der Waals surface area contributed by atoms with Crippen molar-refractivity contribution in [3.63, 3.8) is 0 Å². The molecule has 1 unspecified atom stereocenters. The number of ether oxygens (including phenoxy) is 1. The minimum atomic E-state index is 0.279. The number of nitrogens with one attached hydrogen (secondary N) is 1. The number of benzene rings is 1. The average Bonchev–Trinajstić information content (AvgIpc) is 3.31. The predicted molar refractivity (Wildman–Crippen MR) is 94.7 cm³/mol. The van der Waals surface area contributed by atoms with E-state index in [1.165, 1.54) is 12.8 Å². The van der Waals surface area contributed by atoms with Crippen molar-refractivity contribution in [3.8, 4) is 18.1 Å². The first-order chi connectivity index (χ1) is 11.9. The first kappa shape index (κ1) is 16.6. The lowest BCUT2D eigenvalue weighted by Crippen LogP contribution is -2.33. The summed E-state index contributed by atoms with van der Waals surface area (Å²) in [5, 5.41) is 3.55. The molecule has 1 aliphatic heterocycles. The van der Waals surface area contributed by atoms with Gasteiger partial charge in [0.25, 0.3) is 0 Å². The molecule has 1 saturated heterocycles. The second-order valence-electron chi connectivity index (χ2n) is 6.01. The van der Waals surface area contributed by atoms with E-state index in [9.17, 15) is 0 Å². The van der Waals surface area contributed by atoms with Crippen LogP contribution in [0.25, 0.3) is 0 Å². The predicted octanol–water partition coefficient (Wildman–Crippen LogP) is 3.22. The molecule has 1 N–H and O–H groups in total. The highest BCUT2D eigenvalue weighted by Crippen LogP contribution is 2.25. The fourth-order valence-electron chi connectivity index (χ4n) is 3.20. The van der Waals surface area contributed by atoms with Gasteiger partial charge in [-0.3, -0.25) is 4.90 Å². The van der Waals surface area contributed by atoms with E-state index in [4.69, 9.17) is 15.6 Å². The highest BCUT2D eigenvalue weighted by molar-refractivity contribution is 5.33. The highest BCUT2D eigenvalue weighted by atomic mass is 16.5. The third kappa shape index (κ3) is 4.19. The Balaban J connectivity index is 1.60. The van der Waals surface area contributed by atoms with Gasteiger partial charge >= 0.3 is 0 Å². The minimum absolute atomic E-state index is 0.279. The Morgan fingerprint density at radius 2 is 2.04 bits per heavy atom. The lowest BCUT2D eigenvalue weighted by Gasteiger charge is -2.26. The van der Waals surface area contributed by atoms with Crippen LogP contribution in [0.15, 0.2) is 47.1 Å². The number of nitrogens with zero attached hydrogens (tertiary/aromatic N) is 1. The van der Waals surface area contributed by atoms with E-state index < -0.39 is 0 Å². The summed E-state index contributed by atoms with van der Waals surface area (Å²) in [6.07, 6.45) is 9.56. The van der Waals surface area contributed by atoms with Crippen LogP contribution in [-0.2, 0) is 6.54 Å². The molecule has 0 amide bonds. The summed E-state index contributed by atoms with van der Waals surface area (Å²) in [7, 11) is 0. The van der Waals surface area contributed by atoms with E-state index in [1.54, 1.807) is 6.26 Å². The van der Waals surface area contributed by atoms with E-state index in [0.29, 0.717) is 6.61 Å². The van der Waals surface area contributed by atoms with Gasteiger partial charge in [0, 0.05) is 18.7 Å². The molecule has 1 aromatic heterocycles. The molecule has 3 rings (SSSR count). The van der Waals surface area contributed by atoms with Crippen LogP contribution < -0.4 is 10.1 Å². The van der Waals surface area contributed by atoms with Gasteiger partial charge in [0.15, 0.2) is 0 Å². The second kappa shape index (κ2) is 8.58. The molecule has 126 valence electrons. The molecule has 0 radical (unpaired) electrons. The van der Waals surface area contributed by atoms with Crippen molar-refractivity contribution in [3.05, 3.63) is 54.0 Å². The molecule has 0 aliphatic carbocycles. The van der Waals surface area contributed by atoms with Crippen molar-refractivity contribution >= 4 is 0 Å². The Kier molecular flexibility index (Phi) is 5.95. The van der Waals surface area contributed by atoms with Crippen LogP contribution in [-0.4, -0.2) is 31.1 Å². The van der Waals surface area contributed by atoms with Crippen molar-refractivity contribution in [2.24, 2.45) is 0 Å². The second-order valence-corrected chi connectivity index (χ2v) is 6.01. The van der Waals surface area contributed by atoms with Crippen LogP contribution in [0.5, 0.6) is 5.75 Å². The molecule has 4 nitrogen and oxygen atoms in total. The molecule has 1 aliphatic rings. The van der Waals surface area contributed by atoms with Crippen molar-refractivity contribution in [2.45, 2.75) is 25.4 Å². The van der Waals surface area contributed by atoms with Gasteiger partial charge in [0.2, 0.25) is 0 Å². The van der Waals surface area contributed by atoms with Crippen molar-refractivity contribution < 1.29 is 9.15 Å². The number of para-hydroxylation sites is 1. The summed E-state index contributed by atoms with van der Waals surface area (Å²) >= 11 is 0. The number of hydrogen-bond acceptors (Lipinski definition) is 4. The Labute approximate surface area is 143 Å². The number of hydrogen-bond donors (Lipinski definition) is 1. The molecule has 2 aromatic rings. The number of furan rings is 1. The molecule has 2 heterocycles. The molecule has 0 bridgehead atoms. The summed E-state index contributed by atoms with van der Waals surface area (Å²) in [4.78, 5) is 2.49. The third-order valence-corrected chi connectivity index (χ3v) is 4.39. The van der Waals surface area contributed by atoms with Gasteiger partial charge < -0.3 is 14.5 Å². The zero-order valence-electron chi connectivity index (χ0n) is 13.9. The zero-order valence-corrected chi connectivity index (χ0v) is 13.9. The number of rotatable bonds is 8. The largest absolute Gasteiger partial charge is 0.481 e. The van der Waals surface area contributed by atoms with Gasteiger partial charge in [-0.2, -0.15) is 0 Å². The van der Waals surface area contributed by atoms with Gasteiger partial charge in [-0.25, -0.2) is 0 Å². The number of likely N-dealkylation sites (tertiary alicyclic amines) is 1. The standard InChI is InChI=1S/C20H24N2O2/c1-2-13-23-19-9-4-3-8-17(19)15-21-16-18(20-10-7-14-24-20)22-11-5-6-12-22/h1,3-4,7-10,14,18,21H,5-6,11-13,15-16H2. The first-order valence-electron chi connectivity index (χ1n) is 8.51. The Morgan fingerprint density at radius 3 is 2.79 bits per heavy atom. The maximum atomic E-state index is 5.66. The van der Waals surface area contributed by atoms with Crippen LogP contribution in [0.1, 0.15) is 30.2 Å². The van der Waals surface area contributed by atoms with Gasteiger partial charge in [-0.05, 0) is 44.1 Å². The summed E-state index contributed by atoms with van der Waals surface area (Å²) in [6.45, 7) is 4.15. The molecule has 0 spiro atoms. The monoisotopic (exact) mass is 324 g/mol. The summed E-state index contributed by atoms with van der Waals surface area (Å²) in [5.41, 5.74) is 1.12. The van der Waals surface area contributed by atoms with Crippen molar-refractivity contribution in [2.75, 3.05) is 26.2 Å². The van der Waals surface area contributed by atoms with Gasteiger partial charge in [-0.1, -0.05) is 24.1 Å². The van der Waals surface area contributed by atoms with Gasteiger partial charge in [0.1, 0.15) is 18.1 Å². The smallest absolute Gasteiger partial charge is 0.148 e. The molecule has 24 heavy (non-hydrogen) atoms. The highest BCUT2D eigenvalue weighted by Gasteiger charge is 2.25. The van der Waals surface area contributed by atoms with Crippen LogP contribution in [0.2, 0.25) is 0 Å². The average molecular weight is 324 g/mol. The lowest BCUT2D eigenvalue weighted by atomic mass is 10.1. The number of terminal acetylenes is 1. The summed E-state index contributed by atoms with van der Waals surface area (Å²) in [6, 6.07) is 12.3. The lowest BCUT2D eigenvalue weighted by molar-refractivity contribution is 0.209. The van der Waals surface area contributed by atoms with E-state index in [0.717, 1.165) is 43.3 Å². The fourth-order valence-corrected chi connectivity index (χ4v) is 3.20. The Hall–Kier alpha value is -2.22.